The minimum Gasteiger partial charge on any atom is -0.497 e. The van der Waals surface area contributed by atoms with E-state index in [0.717, 1.165) is 5.56 Å². The maximum absolute atomic E-state index is 13.0. The molecule has 0 atom stereocenters. The van der Waals surface area contributed by atoms with Crippen LogP contribution < -0.4 is 20.7 Å². The maximum atomic E-state index is 13.0. The van der Waals surface area contributed by atoms with Crippen molar-refractivity contribution in [3.05, 3.63) is 76.8 Å². The number of nitrogens with one attached hydrogen (secondary N) is 3. The van der Waals surface area contributed by atoms with E-state index in [1.807, 2.05) is 19.2 Å². The van der Waals surface area contributed by atoms with Gasteiger partial charge in [0.05, 0.1) is 17.7 Å². The van der Waals surface area contributed by atoms with Crippen LogP contribution in [0.5, 0.6) is 5.75 Å². The molecule has 168 valence electrons. The summed E-state index contributed by atoms with van der Waals surface area (Å²) < 4.78 is 5.17. The Bertz CT molecular complexity index is 1080. The fourth-order valence-electron chi connectivity index (χ4n) is 2.79. The minimum absolute atomic E-state index is 0.278. The molecule has 0 saturated heterocycles. The van der Waals surface area contributed by atoms with Gasteiger partial charge in [0.25, 0.3) is 11.8 Å². The second kappa shape index (κ2) is 11.8. The average Bonchev–Trinajstić information content (AvgIpc) is 2.80. The molecule has 32 heavy (non-hydrogen) atoms. The number of amidine groups is 1. The van der Waals surface area contributed by atoms with Crippen molar-refractivity contribution in [3.63, 3.8) is 0 Å². The Morgan fingerprint density at radius 3 is 2.53 bits per heavy atom. The first-order valence-corrected chi connectivity index (χ1v) is 11.1. The Labute approximate surface area is 193 Å². The number of rotatable bonds is 8. The van der Waals surface area contributed by atoms with Gasteiger partial charge in [-0.2, -0.15) is 0 Å². The lowest BCUT2D eigenvalue weighted by Gasteiger charge is -2.15. The normalized spacial score (nSPS) is 11.5. The molecule has 7 nitrogen and oxygen atoms in total. The Morgan fingerprint density at radius 2 is 1.91 bits per heavy atom. The molecule has 0 unspecified atom stereocenters. The number of aryl methyl sites for hydroxylation is 1. The summed E-state index contributed by atoms with van der Waals surface area (Å²) in [6.45, 7) is 7.52. The number of hydrogen-bond donors (Lipinski definition) is 3. The van der Waals surface area contributed by atoms with Crippen molar-refractivity contribution in [1.29, 1.82) is 0 Å². The molecule has 8 heteroatoms. The Kier molecular flexibility index (Phi) is 9.09. The molecule has 0 fully saturated rings. The molecule has 2 aromatic carbocycles. The van der Waals surface area contributed by atoms with Gasteiger partial charge in [0.15, 0.2) is 0 Å². The van der Waals surface area contributed by atoms with Crippen molar-refractivity contribution in [2.75, 3.05) is 31.0 Å². The fraction of sp³-hybridized carbons (Fsp3) is 0.208. The number of aliphatic imine (C=N–C) groups is 1. The number of carbonyl (C=O) groups is 2. The third kappa shape index (κ3) is 6.49. The molecule has 2 rings (SSSR count). The SMILES string of the molecule is C=C(NC(=NC)/C(=C\C)C(=O)Nc1cc(NC(=O)c2cccc(OC)c2)ccc1C)SC. The third-order valence-electron chi connectivity index (χ3n) is 4.59. The highest BCUT2D eigenvalue weighted by atomic mass is 32.2. The Morgan fingerprint density at radius 1 is 1.16 bits per heavy atom. The predicted octanol–water partition coefficient (Wildman–Crippen LogP) is 4.59. The highest BCUT2D eigenvalue weighted by Crippen LogP contribution is 2.22. The van der Waals surface area contributed by atoms with Crippen LogP contribution in [0, 0.1) is 6.92 Å². The van der Waals surface area contributed by atoms with Crippen LogP contribution in [0.2, 0.25) is 0 Å². The highest BCUT2D eigenvalue weighted by molar-refractivity contribution is 8.02. The standard InChI is InChI=1S/C24H28N4O3S/c1-7-20(22(25-4)26-16(3)32-6)24(30)28-21-14-18(12-11-15(21)2)27-23(29)17-9-8-10-19(13-17)31-5/h7-14H,3H2,1-2,4-6H3,(H,25,26)(H,27,29)(H,28,30)/b20-7+. The summed E-state index contributed by atoms with van der Waals surface area (Å²) in [7, 11) is 3.15. The molecule has 0 heterocycles. The number of thioether (sulfide) groups is 1. The van der Waals surface area contributed by atoms with Crippen molar-refractivity contribution < 1.29 is 14.3 Å². The molecule has 0 aliphatic carbocycles. The topological polar surface area (TPSA) is 91.8 Å². The predicted molar refractivity (Wildman–Crippen MR) is 134 cm³/mol. The summed E-state index contributed by atoms with van der Waals surface area (Å²) in [5.74, 6) is 0.414. The molecule has 0 aliphatic rings. The van der Waals surface area contributed by atoms with Crippen LogP contribution in [-0.4, -0.2) is 38.1 Å². The second-order valence-electron chi connectivity index (χ2n) is 6.70. The van der Waals surface area contributed by atoms with E-state index in [9.17, 15) is 9.59 Å². The van der Waals surface area contributed by atoms with Gasteiger partial charge in [0.1, 0.15) is 11.6 Å². The van der Waals surface area contributed by atoms with Crippen molar-refractivity contribution >= 4 is 40.8 Å². The smallest absolute Gasteiger partial charge is 0.259 e. The molecule has 0 aliphatic heterocycles. The van der Waals surface area contributed by atoms with Crippen LogP contribution in [-0.2, 0) is 4.79 Å². The molecule has 0 saturated carbocycles. The zero-order valence-corrected chi connectivity index (χ0v) is 19.7. The first kappa shape index (κ1) is 24.7. The van der Waals surface area contributed by atoms with Gasteiger partial charge in [-0.1, -0.05) is 24.8 Å². The van der Waals surface area contributed by atoms with Crippen LogP contribution in [0.25, 0.3) is 0 Å². The molecule has 2 aromatic rings. The molecule has 3 N–H and O–H groups in total. The zero-order valence-electron chi connectivity index (χ0n) is 18.9. The number of hydrogen-bond acceptors (Lipinski definition) is 5. The van der Waals surface area contributed by atoms with Crippen molar-refractivity contribution in [3.8, 4) is 5.75 Å². The zero-order chi connectivity index (χ0) is 23.7. The first-order chi connectivity index (χ1) is 15.3. The number of ether oxygens (including phenoxy) is 1. The Balaban J connectivity index is 2.20. The summed E-state index contributed by atoms with van der Waals surface area (Å²) in [6.07, 6.45) is 3.56. The van der Waals surface area contributed by atoms with Crippen LogP contribution in [0.1, 0.15) is 22.8 Å². The average molecular weight is 453 g/mol. The van der Waals surface area contributed by atoms with E-state index in [4.69, 9.17) is 4.74 Å². The van der Waals surface area contributed by atoms with Gasteiger partial charge in [-0.05, 0) is 56.0 Å². The van der Waals surface area contributed by atoms with E-state index in [1.54, 1.807) is 63.6 Å². The maximum Gasteiger partial charge on any atom is 0.259 e. The number of allylic oxidation sites excluding steroid dienone is 1. The summed E-state index contributed by atoms with van der Waals surface area (Å²) in [5.41, 5.74) is 2.84. The van der Waals surface area contributed by atoms with Crippen molar-refractivity contribution in [2.45, 2.75) is 13.8 Å². The number of benzene rings is 2. The summed E-state index contributed by atoms with van der Waals surface area (Å²) >= 11 is 1.43. The van der Waals surface area contributed by atoms with Crippen molar-refractivity contribution in [2.24, 2.45) is 4.99 Å². The van der Waals surface area contributed by atoms with Gasteiger partial charge < -0.3 is 20.7 Å². The molecule has 0 radical (unpaired) electrons. The summed E-state index contributed by atoms with van der Waals surface area (Å²) in [6, 6.07) is 12.2. The van der Waals surface area contributed by atoms with Crippen molar-refractivity contribution in [1.82, 2.24) is 5.32 Å². The number of carbonyl (C=O) groups excluding carboxylic acids is 2. The van der Waals surface area contributed by atoms with Gasteiger partial charge in [0.2, 0.25) is 0 Å². The van der Waals surface area contributed by atoms with Crippen LogP contribution in [0.15, 0.2) is 70.7 Å². The van der Waals surface area contributed by atoms with Crippen LogP contribution in [0.3, 0.4) is 0 Å². The monoisotopic (exact) mass is 452 g/mol. The van der Waals surface area contributed by atoms with E-state index in [2.05, 4.69) is 27.5 Å². The summed E-state index contributed by atoms with van der Waals surface area (Å²) in [4.78, 5) is 29.7. The largest absolute Gasteiger partial charge is 0.497 e. The molecule has 0 spiro atoms. The van der Waals surface area contributed by atoms with Gasteiger partial charge in [0, 0.05) is 24.0 Å². The first-order valence-electron chi connectivity index (χ1n) is 9.83. The highest BCUT2D eigenvalue weighted by Gasteiger charge is 2.17. The number of amides is 2. The molecule has 0 aromatic heterocycles. The molecule has 2 amide bonds. The van der Waals surface area contributed by atoms with Crippen LogP contribution in [0.4, 0.5) is 11.4 Å². The van der Waals surface area contributed by atoms with E-state index >= 15 is 0 Å². The van der Waals surface area contributed by atoms with E-state index in [0.29, 0.717) is 39.1 Å². The van der Waals surface area contributed by atoms with E-state index < -0.39 is 0 Å². The minimum atomic E-state index is -0.325. The van der Waals surface area contributed by atoms with Gasteiger partial charge >= 0.3 is 0 Å². The second-order valence-corrected chi connectivity index (χ2v) is 7.60. The Hall–Kier alpha value is -3.52. The quantitative estimate of drug-likeness (QED) is 0.309. The lowest BCUT2D eigenvalue weighted by Crippen LogP contribution is -2.30. The summed E-state index contributed by atoms with van der Waals surface area (Å²) in [5, 5.41) is 9.47. The third-order valence-corrected chi connectivity index (χ3v) is 5.19. The molecular weight excluding hydrogens is 424 g/mol. The van der Waals surface area contributed by atoms with Gasteiger partial charge in [-0.25, -0.2) is 0 Å². The molecular formula is C24H28N4O3S. The lowest BCUT2D eigenvalue weighted by atomic mass is 10.1. The number of anilines is 2. The van der Waals surface area contributed by atoms with E-state index in [1.165, 1.54) is 11.8 Å². The number of methoxy groups -OCH3 is 1. The number of nitrogens with zero attached hydrogens (tertiary/aromatic N) is 1. The fourth-order valence-corrected chi connectivity index (χ4v) is 2.99. The van der Waals surface area contributed by atoms with Crippen LogP contribution >= 0.6 is 11.8 Å². The van der Waals surface area contributed by atoms with Gasteiger partial charge in [-0.3, -0.25) is 14.6 Å². The lowest BCUT2D eigenvalue weighted by molar-refractivity contribution is -0.112. The molecule has 0 bridgehead atoms. The van der Waals surface area contributed by atoms with E-state index in [-0.39, 0.29) is 11.8 Å². The van der Waals surface area contributed by atoms with Gasteiger partial charge in [-0.15, -0.1) is 11.8 Å².